The van der Waals surface area contributed by atoms with Crippen molar-refractivity contribution in [2.24, 2.45) is 11.8 Å². The molecule has 20 heavy (non-hydrogen) atoms. The van der Waals surface area contributed by atoms with Crippen molar-refractivity contribution in [3.63, 3.8) is 0 Å². The Balaban J connectivity index is 1.79. The van der Waals surface area contributed by atoms with E-state index < -0.39 is 5.97 Å². The molecule has 112 valence electrons. The van der Waals surface area contributed by atoms with Gasteiger partial charge in [0, 0.05) is 39.2 Å². The molecule has 1 saturated heterocycles. The number of carbonyl (C=O) groups excluding carboxylic acids is 1. The van der Waals surface area contributed by atoms with Crippen molar-refractivity contribution >= 4 is 12.0 Å². The van der Waals surface area contributed by atoms with Gasteiger partial charge in [-0.15, -0.1) is 0 Å². The Bertz CT molecular complexity index is 415. The molecule has 1 fully saturated rings. The summed E-state index contributed by atoms with van der Waals surface area (Å²) in [4.78, 5) is 26.6. The Morgan fingerprint density at radius 2 is 2.15 bits per heavy atom. The fourth-order valence-electron chi connectivity index (χ4n) is 2.59. The van der Waals surface area contributed by atoms with Crippen LogP contribution in [0, 0.1) is 11.8 Å². The summed E-state index contributed by atoms with van der Waals surface area (Å²) < 4.78 is 5.08. The molecule has 0 bridgehead atoms. The minimum atomic E-state index is -0.785. The van der Waals surface area contributed by atoms with E-state index >= 15 is 0 Å². The fourth-order valence-corrected chi connectivity index (χ4v) is 2.59. The first-order chi connectivity index (χ1) is 9.52. The van der Waals surface area contributed by atoms with E-state index in [4.69, 9.17) is 9.84 Å². The van der Waals surface area contributed by atoms with Crippen LogP contribution in [0.2, 0.25) is 0 Å². The van der Waals surface area contributed by atoms with Crippen LogP contribution in [-0.2, 0) is 9.53 Å². The van der Waals surface area contributed by atoms with Crippen molar-refractivity contribution in [3.05, 3.63) is 11.6 Å². The third-order valence-electron chi connectivity index (χ3n) is 4.18. The second-order valence-corrected chi connectivity index (χ2v) is 5.57. The van der Waals surface area contributed by atoms with E-state index in [1.807, 2.05) is 6.08 Å². The maximum Gasteiger partial charge on any atom is 0.320 e. The molecule has 6 nitrogen and oxygen atoms in total. The molecule has 0 aromatic heterocycles. The van der Waals surface area contributed by atoms with E-state index in [0.29, 0.717) is 32.8 Å². The monoisotopic (exact) mass is 282 g/mol. The topological polar surface area (TPSA) is 70.1 Å². The number of likely N-dealkylation sites (tertiary alicyclic amines) is 1. The van der Waals surface area contributed by atoms with Gasteiger partial charge in [0.2, 0.25) is 0 Å². The number of aliphatic carboxylic acids is 1. The van der Waals surface area contributed by atoms with E-state index in [1.54, 1.807) is 23.8 Å². The summed E-state index contributed by atoms with van der Waals surface area (Å²) in [6.45, 7) is 4.77. The zero-order valence-corrected chi connectivity index (χ0v) is 12.0. The Hall–Kier alpha value is -1.56. The van der Waals surface area contributed by atoms with Crippen molar-refractivity contribution < 1.29 is 19.4 Å². The predicted octanol–water partition coefficient (Wildman–Crippen LogP) is 1.04. The van der Waals surface area contributed by atoms with Gasteiger partial charge < -0.3 is 19.6 Å². The highest BCUT2D eigenvalue weighted by Crippen LogP contribution is 2.25. The van der Waals surface area contributed by atoms with E-state index in [9.17, 15) is 9.59 Å². The van der Waals surface area contributed by atoms with Gasteiger partial charge in [0.1, 0.15) is 0 Å². The summed E-state index contributed by atoms with van der Waals surface area (Å²) in [5, 5.41) is 8.94. The van der Waals surface area contributed by atoms with Crippen LogP contribution in [0.1, 0.15) is 13.3 Å². The largest absolute Gasteiger partial charge is 0.481 e. The van der Waals surface area contributed by atoms with Crippen LogP contribution < -0.4 is 0 Å². The molecule has 0 spiro atoms. The highest BCUT2D eigenvalue weighted by molar-refractivity contribution is 5.76. The summed E-state index contributed by atoms with van der Waals surface area (Å²) in [5.41, 5.74) is 1.23. The van der Waals surface area contributed by atoms with Gasteiger partial charge in [-0.25, -0.2) is 4.79 Å². The number of nitrogens with zero attached hydrogens (tertiary/aromatic N) is 2. The molecule has 2 heterocycles. The van der Waals surface area contributed by atoms with Crippen LogP contribution in [0.4, 0.5) is 4.79 Å². The minimum absolute atomic E-state index is 0.0200. The Labute approximate surface area is 119 Å². The number of methoxy groups -OCH3 is 1. The summed E-state index contributed by atoms with van der Waals surface area (Å²) in [6.07, 6.45) is 2.89. The molecule has 0 radical (unpaired) electrons. The average molecular weight is 282 g/mol. The molecule has 0 saturated carbocycles. The molecule has 0 aromatic carbocycles. The summed E-state index contributed by atoms with van der Waals surface area (Å²) in [7, 11) is 1.67. The predicted molar refractivity (Wildman–Crippen MR) is 73.4 cm³/mol. The third-order valence-corrected chi connectivity index (χ3v) is 4.18. The molecule has 1 atom stereocenters. The fraction of sp³-hybridized carbons (Fsp3) is 0.714. The minimum Gasteiger partial charge on any atom is -0.481 e. The first-order valence-corrected chi connectivity index (χ1v) is 6.96. The molecular formula is C14H22N2O4. The lowest BCUT2D eigenvalue weighted by atomic mass is 9.87. The van der Waals surface area contributed by atoms with Crippen molar-refractivity contribution in [2.45, 2.75) is 13.3 Å². The lowest BCUT2D eigenvalue weighted by Gasteiger charge is -2.43. The standard InChI is InChI=1S/C14H22N2O4/c1-10(13(17)18)12-7-16(8-12)14(19)15-5-3-11(4-6-15)9-20-2/h3,10,12H,4-9H2,1-2H3,(H,17,18). The second kappa shape index (κ2) is 6.26. The lowest BCUT2D eigenvalue weighted by Crippen LogP contribution is -2.57. The number of amides is 2. The highest BCUT2D eigenvalue weighted by Gasteiger charge is 2.38. The second-order valence-electron chi connectivity index (χ2n) is 5.57. The number of hydrogen-bond donors (Lipinski definition) is 1. The molecule has 2 aliphatic heterocycles. The number of rotatable bonds is 4. The number of hydrogen-bond acceptors (Lipinski definition) is 3. The maximum atomic E-state index is 12.2. The number of urea groups is 1. The van der Waals surface area contributed by atoms with Gasteiger partial charge in [0.25, 0.3) is 0 Å². The highest BCUT2D eigenvalue weighted by atomic mass is 16.5. The molecule has 1 unspecified atom stereocenters. The zero-order chi connectivity index (χ0) is 14.7. The Morgan fingerprint density at radius 1 is 1.45 bits per heavy atom. The quantitative estimate of drug-likeness (QED) is 0.782. The van der Waals surface area contributed by atoms with Crippen LogP contribution in [0.3, 0.4) is 0 Å². The van der Waals surface area contributed by atoms with Gasteiger partial charge in [0.05, 0.1) is 12.5 Å². The van der Waals surface area contributed by atoms with Crippen LogP contribution in [0.25, 0.3) is 0 Å². The zero-order valence-electron chi connectivity index (χ0n) is 12.0. The van der Waals surface area contributed by atoms with Gasteiger partial charge in [-0.05, 0) is 12.0 Å². The van der Waals surface area contributed by atoms with E-state index in [2.05, 4.69) is 0 Å². The number of carboxylic acid groups (broad SMARTS) is 1. The molecule has 0 aliphatic carbocycles. The molecule has 2 amide bonds. The smallest absolute Gasteiger partial charge is 0.320 e. The molecule has 2 rings (SSSR count). The number of ether oxygens (including phenoxy) is 1. The normalized spacial score (nSPS) is 21.2. The van der Waals surface area contributed by atoms with Crippen molar-refractivity contribution in [2.75, 3.05) is 39.9 Å². The Kier molecular flexibility index (Phi) is 4.65. The first-order valence-electron chi connectivity index (χ1n) is 6.96. The SMILES string of the molecule is COCC1=CCN(C(=O)N2CC(C(C)C(=O)O)C2)CC1. The van der Waals surface area contributed by atoms with Gasteiger partial charge >= 0.3 is 12.0 Å². The maximum absolute atomic E-state index is 12.2. The molecule has 6 heteroatoms. The molecule has 0 aromatic rings. The average Bonchev–Trinajstić information content (AvgIpc) is 2.37. The summed E-state index contributed by atoms with van der Waals surface area (Å²) in [5.74, 6) is -1.08. The van der Waals surface area contributed by atoms with Crippen molar-refractivity contribution in [1.82, 2.24) is 9.80 Å². The third kappa shape index (κ3) is 3.12. The molecule has 2 aliphatic rings. The van der Waals surface area contributed by atoms with E-state index in [1.165, 1.54) is 5.57 Å². The van der Waals surface area contributed by atoms with Crippen LogP contribution in [0.15, 0.2) is 11.6 Å². The Morgan fingerprint density at radius 3 is 2.65 bits per heavy atom. The summed E-state index contributed by atoms with van der Waals surface area (Å²) >= 11 is 0. The lowest BCUT2D eigenvalue weighted by molar-refractivity contribution is -0.144. The van der Waals surface area contributed by atoms with Crippen molar-refractivity contribution in [1.29, 1.82) is 0 Å². The van der Waals surface area contributed by atoms with Crippen LogP contribution in [-0.4, -0.2) is 66.8 Å². The van der Waals surface area contributed by atoms with E-state index in [-0.39, 0.29) is 17.9 Å². The first kappa shape index (κ1) is 14.8. The summed E-state index contributed by atoms with van der Waals surface area (Å²) in [6, 6.07) is 0.0200. The number of carboxylic acids is 1. The van der Waals surface area contributed by atoms with Crippen LogP contribution in [0.5, 0.6) is 0 Å². The molecular weight excluding hydrogens is 260 g/mol. The van der Waals surface area contributed by atoms with Gasteiger partial charge in [-0.2, -0.15) is 0 Å². The van der Waals surface area contributed by atoms with Gasteiger partial charge in [-0.1, -0.05) is 13.0 Å². The van der Waals surface area contributed by atoms with Crippen molar-refractivity contribution in [3.8, 4) is 0 Å². The number of carbonyl (C=O) groups is 2. The van der Waals surface area contributed by atoms with Gasteiger partial charge in [-0.3, -0.25) is 4.79 Å². The van der Waals surface area contributed by atoms with Gasteiger partial charge in [0.15, 0.2) is 0 Å². The van der Waals surface area contributed by atoms with E-state index in [0.717, 1.165) is 6.42 Å². The molecule has 1 N–H and O–H groups in total. The van der Waals surface area contributed by atoms with Crippen LogP contribution >= 0.6 is 0 Å².